The molecule has 2 aromatic rings. The minimum absolute atomic E-state index is 0.116. The van der Waals surface area contributed by atoms with E-state index in [0.717, 1.165) is 5.69 Å². The molecule has 0 radical (unpaired) electrons. The Bertz CT molecular complexity index is 586. The summed E-state index contributed by atoms with van der Waals surface area (Å²) in [6, 6.07) is 0. The smallest absolute Gasteiger partial charge is 0.332 e. The summed E-state index contributed by atoms with van der Waals surface area (Å²) in [5, 5.41) is 18.6. The van der Waals surface area contributed by atoms with Crippen molar-refractivity contribution in [3.63, 3.8) is 0 Å². The minimum atomic E-state index is -0.488. The number of thiazole rings is 1. The second kappa shape index (κ2) is 5.57. The normalized spacial score (nSPS) is 10.2. The van der Waals surface area contributed by atoms with Crippen molar-refractivity contribution in [2.45, 2.75) is 13.5 Å². The molecule has 0 saturated heterocycles. The Morgan fingerprint density at radius 2 is 2.26 bits per heavy atom. The molecule has 0 aromatic carbocycles. The third kappa shape index (κ3) is 2.94. The van der Waals surface area contributed by atoms with E-state index >= 15 is 0 Å². The lowest BCUT2D eigenvalue weighted by Gasteiger charge is -2.08. The number of rotatable bonds is 5. The fraction of sp³-hybridized carbons (Fsp3) is 0.300. The van der Waals surface area contributed by atoms with Gasteiger partial charge in [0.1, 0.15) is 5.69 Å². The average Bonchev–Trinajstić information content (AvgIpc) is 2.88. The van der Waals surface area contributed by atoms with Crippen LogP contribution in [0.4, 0.5) is 17.5 Å². The van der Waals surface area contributed by atoms with Crippen molar-refractivity contribution in [2.75, 3.05) is 17.7 Å². The second-order valence-electron chi connectivity index (χ2n) is 3.67. The van der Waals surface area contributed by atoms with E-state index in [1.807, 2.05) is 5.38 Å². The van der Waals surface area contributed by atoms with Crippen LogP contribution in [0.5, 0.6) is 0 Å². The largest absolute Gasteiger partial charge is 0.358 e. The summed E-state index contributed by atoms with van der Waals surface area (Å²) in [6.07, 6.45) is 0. The predicted octanol–water partition coefficient (Wildman–Crippen LogP) is 1.80. The SMILES string of the molecule is CNc1nc(C)c([N+](=O)[O-])c(NCc2cscn2)n1. The molecule has 100 valence electrons. The van der Waals surface area contributed by atoms with Crippen LogP contribution in [0.15, 0.2) is 10.9 Å². The molecule has 2 heterocycles. The standard InChI is InChI=1S/C10H12N6O2S/c1-6-8(16(17)18)9(15-10(11-2)14-6)12-3-7-4-19-5-13-7/h4-5H,3H2,1-2H3,(H2,11,12,14,15). The first kappa shape index (κ1) is 13.1. The van der Waals surface area contributed by atoms with Crippen LogP contribution in [0.2, 0.25) is 0 Å². The lowest BCUT2D eigenvalue weighted by molar-refractivity contribution is -0.385. The number of aromatic nitrogens is 3. The van der Waals surface area contributed by atoms with E-state index in [-0.39, 0.29) is 11.5 Å². The van der Waals surface area contributed by atoms with Crippen molar-refractivity contribution in [3.8, 4) is 0 Å². The zero-order valence-electron chi connectivity index (χ0n) is 10.4. The van der Waals surface area contributed by atoms with Crippen molar-refractivity contribution in [3.05, 3.63) is 32.4 Å². The molecule has 2 aromatic heterocycles. The fourth-order valence-electron chi connectivity index (χ4n) is 1.52. The van der Waals surface area contributed by atoms with Crippen LogP contribution < -0.4 is 10.6 Å². The van der Waals surface area contributed by atoms with Crippen molar-refractivity contribution >= 4 is 28.8 Å². The maximum Gasteiger partial charge on any atom is 0.332 e. The molecule has 2 rings (SSSR count). The van der Waals surface area contributed by atoms with E-state index in [9.17, 15) is 10.1 Å². The van der Waals surface area contributed by atoms with Gasteiger partial charge >= 0.3 is 5.69 Å². The van der Waals surface area contributed by atoms with Gasteiger partial charge in [0.2, 0.25) is 11.8 Å². The van der Waals surface area contributed by atoms with Gasteiger partial charge in [-0.05, 0) is 6.92 Å². The number of anilines is 2. The average molecular weight is 280 g/mol. The van der Waals surface area contributed by atoms with Gasteiger partial charge < -0.3 is 10.6 Å². The summed E-state index contributed by atoms with van der Waals surface area (Å²) in [5.41, 5.74) is 2.70. The molecule has 0 aliphatic rings. The maximum absolute atomic E-state index is 11.1. The second-order valence-corrected chi connectivity index (χ2v) is 4.39. The van der Waals surface area contributed by atoms with Gasteiger partial charge in [-0.25, -0.2) is 9.97 Å². The summed E-state index contributed by atoms with van der Waals surface area (Å²) in [5.74, 6) is 0.527. The lowest BCUT2D eigenvalue weighted by Crippen LogP contribution is -2.09. The third-order valence-electron chi connectivity index (χ3n) is 2.38. The Balaban J connectivity index is 2.30. The summed E-state index contributed by atoms with van der Waals surface area (Å²) in [6.45, 7) is 1.96. The summed E-state index contributed by atoms with van der Waals surface area (Å²) < 4.78 is 0. The van der Waals surface area contributed by atoms with Gasteiger partial charge in [-0.15, -0.1) is 11.3 Å². The molecule has 0 amide bonds. The molecule has 9 heteroatoms. The zero-order chi connectivity index (χ0) is 13.8. The highest BCUT2D eigenvalue weighted by Gasteiger charge is 2.21. The minimum Gasteiger partial charge on any atom is -0.358 e. The monoisotopic (exact) mass is 280 g/mol. The first-order valence-corrected chi connectivity index (χ1v) is 6.37. The molecule has 8 nitrogen and oxygen atoms in total. The Hall–Kier alpha value is -2.29. The molecule has 0 bridgehead atoms. The Morgan fingerprint density at radius 3 is 2.84 bits per heavy atom. The molecule has 0 atom stereocenters. The van der Waals surface area contributed by atoms with Crippen LogP contribution >= 0.6 is 11.3 Å². The highest BCUT2D eigenvalue weighted by Crippen LogP contribution is 2.26. The Kier molecular flexibility index (Phi) is 3.85. The van der Waals surface area contributed by atoms with Gasteiger partial charge in [-0.2, -0.15) is 4.98 Å². The molecule has 0 fully saturated rings. The van der Waals surface area contributed by atoms with Crippen LogP contribution in [0, 0.1) is 17.0 Å². The predicted molar refractivity (Wildman–Crippen MR) is 72.4 cm³/mol. The number of hydrogen-bond acceptors (Lipinski definition) is 8. The number of aryl methyl sites for hydroxylation is 1. The third-order valence-corrected chi connectivity index (χ3v) is 3.02. The fourth-order valence-corrected chi connectivity index (χ4v) is 2.08. The molecule has 19 heavy (non-hydrogen) atoms. The Morgan fingerprint density at radius 1 is 1.47 bits per heavy atom. The van der Waals surface area contributed by atoms with Gasteiger partial charge in [0, 0.05) is 12.4 Å². The highest BCUT2D eigenvalue weighted by atomic mass is 32.1. The van der Waals surface area contributed by atoms with Gasteiger partial charge in [-0.3, -0.25) is 10.1 Å². The van der Waals surface area contributed by atoms with E-state index in [1.165, 1.54) is 11.3 Å². The molecule has 0 saturated carbocycles. The quantitative estimate of drug-likeness (QED) is 0.635. The number of nitro groups is 1. The van der Waals surface area contributed by atoms with Gasteiger partial charge in [-0.1, -0.05) is 0 Å². The van der Waals surface area contributed by atoms with Crippen LogP contribution in [-0.2, 0) is 6.54 Å². The topological polar surface area (TPSA) is 106 Å². The number of hydrogen-bond donors (Lipinski definition) is 2. The van der Waals surface area contributed by atoms with Crippen molar-refractivity contribution in [1.82, 2.24) is 15.0 Å². The molecular weight excluding hydrogens is 268 g/mol. The highest BCUT2D eigenvalue weighted by molar-refractivity contribution is 7.07. The van der Waals surface area contributed by atoms with Crippen LogP contribution in [0.1, 0.15) is 11.4 Å². The lowest BCUT2D eigenvalue weighted by atomic mass is 10.3. The zero-order valence-corrected chi connectivity index (χ0v) is 11.2. The van der Waals surface area contributed by atoms with E-state index in [2.05, 4.69) is 25.6 Å². The Labute approximate surface area is 113 Å². The molecule has 0 aliphatic carbocycles. The van der Waals surface area contributed by atoms with Gasteiger partial charge in [0.05, 0.1) is 22.7 Å². The van der Waals surface area contributed by atoms with E-state index in [0.29, 0.717) is 18.2 Å². The molecule has 0 aliphatic heterocycles. The molecule has 0 spiro atoms. The van der Waals surface area contributed by atoms with E-state index in [1.54, 1.807) is 19.5 Å². The van der Waals surface area contributed by atoms with Gasteiger partial charge in [0.25, 0.3) is 0 Å². The molecule has 2 N–H and O–H groups in total. The van der Waals surface area contributed by atoms with Gasteiger partial charge in [0.15, 0.2) is 0 Å². The molecule has 0 unspecified atom stereocenters. The van der Waals surface area contributed by atoms with Crippen LogP contribution in [0.25, 0.3) is 0 Å². The number of nitrogens with zero attached hydrogens (tertiary/aromatic N) is 4. The number of nitrogens with one attached hydrogen (secondary N) is 2. The van der Waals surface area contributed by atoms with Crippen molar-refractivity contribution < 1.29 is 4.92 Å². The first-order valence-electron chi connectivity index (χ1n) is 5.43. The molecular formula is C10H12N6O2S. The van der Waals surface area contributed by atoms with E-state index < -0.39 is 4.92 Å². The van der Waals surface area contributed by atoms with Crippen LogP contribution in [-0.4, -0.2) is 26.9 Å². The van der Waals surface area contributed by atoms with Crippen molar-refractivity contribution in [2.24, 2.45) is 0 Å². The first-order chi connectivity index (χ1) is 9.11. The van der Waals surface area contributed by atoms with Crippen LogP contribution in [0.3, 0.4) is 0 Å². The summed E-state index contributed by atoms with van der Waals surface area (Å²) in [7, 11) is 1.66. The summed E-state index contributed by atoms with van der Waals surface area (Å²) in [4.78, 5) is 22.7. The van der Waals surface area contributed by atoms with Crippen molar-refractivity contribution in [1.29, 1.82) is 0 Å². The maximum atomic E-state index is 11.1. The summed E-state index contributed by atoms with van der Waals surface area (Å²) >= 11 is 1.47. The van der Waals surface area contributed by atoms with E-state index in [4.69, 9.17) is 0 Å².